The van der Waals surface area contributed by atoms with Gasteiger partial charge < -0.3 is 19.9 Å². The number of β-amino-alcohol motifs (C(OH)–C–C–N with tert-alkyl or cyclic N) is 1. The third kappa shape index (κ3) is 4.46. The fourth-order valence-corrected chi connectivity index (χ4v) is 4.42. The first-order chi connectivity index (χ1) is 16.0. The van der Waals surface area contributed by atoms with Gasteiger partial charge in [-0.25, -0.2) is 4.98 Å². The summed E-state index contributed by atoms with van der Waals surface area (Å²) in [7, 11) is 0. The number of anilines is 1. The topological polar surface area (TPSA) is 106 Å². The number of pyridine rings is 3. The maximum Gasteiger partial charge on any atom is 0.272 e. The second-order valence-electron chi connectivity index (χ2n) is 8.78. The van der Waals surface area contributed by atoms with Crippen LogP contribution in [0.2, 0.25) is 0 Å². The lowest BCUT2D eigenvalue weighted by molar-refractivity contribution is 0.00550. The predicted molar refractivity (Wildman–Crippen MR) is 125 cm³/mol. The average Bonchev–Trinajstić information content (AvgIpc) is 2.82. The van der Waals surface area contributed by atoms with Crippen LogP contribution in [0.25, 0.3) is 11.0 Å². The number of likely N-dealkylation sites (tertiary alicyclic amines) is 1. The summed E-state index contributed by atoms with van der Waals surface area (Å²) in [5, 5.41) is 9.38. The Morgan fingerprint density at radius 3 is 2.58 bits per heavy atom. The van der Waals surface area contributed by atoms with Crippen molar-refractivity contribution in [3.8, 4) is 0 Å². The molecule has 2 aliphatic rings. The number of aromatic nitrogens is 3. The molecular weight excluding hydrogens is 420 g/mol. The summed E-state index contributed by atoms with van der Waals surface area (Å²) in [6.07, 6.45) is 3.93. The summed E-state index contributed by atoms with van der Waals surface area (Å²) < 4.78 is 0. The van der Waals surface area contributed by atoms with Crippen molar-refractivity contribution in [2.24, 2.45) is 0 Å². The van der Waals surface area contributed by atoms with Crippen LogP contribution in [0.15, 0.2) is 41.5 Å². The fraction of sp³-hybridized carbons (Fsp3) is 0.417. The molecule has 172 valence electrons. The first-order valence-corrected chi connectivity index (χ1v) is 11.4. The number of fused-ring (bicyclic) bond motifs is 1. The zero-order valence-electron chi connectivity index (χ0n) is 18.7. The molecule has 2 aliphatic heterocycles. The van der Waals surface area contributed by atoms with Crippen molar-refractivity contribution in [2.75, 3.05) is 44.2 Å². The van der Waals surface area contributed by atoms with Crippen molar-refractivity contribution in [2.45, 2.75) is 26.0 Å². The molecule has 3 aromatic rings. The van der Waals surface area contributed by atoms with Gasteiger partial charge in [0.2, 0.25) is 0 Å². The van der Waals surface area contributed by atoms with Crippen LogP contribution in [-0.4, -0.2) is 81.1 Å². The van der Waals surface area contributed by atoms with Crippen molar-refractivity contribution in [3.63, 3.8) is 0 Å². The normalized spacial score (nSPS) is 17.4. The van der Waals surface area contributed by atoms with Crippen molar-refractivity contribution >= 4 is 22.6 Å². The van der Waals surface area contributed by atoms with Crippen LogP contribution in [0, 0.1) is 0 Å². The number of hydrogen-bond acceptors (Lipinski definition) is 7. The van der Waals surface area contributed by atoms with Crippen molar-refractivity contribution < 1.29 is 9.90 Å². The standard InChI is InChI=1S/C24H28N6O3/c1-2-17-10-21-22(27-23(17)32)9-16(11-25-21)13-28-5-7-29(8-6-28)18-3-4-20(26-12-18)24(33)30-14-19(31)15-30/h3-4,9-12,19,31H,2,5-8,13-15H2,1H3,(H,27,32). The summed E-state index contributed by atoms with van der Waals surface area (Å²) in [6, 6.07) is 7.60. The van der Waals surface area contributed by atoms with E-state index in [-0.39, 0.29) is 11.5 Å². The Labute approximate surface area is 191 Å². The van der Waals surface area contributed by atoms with E-state index < -0.39 is 6.10 Å². The van der Waals surface area contributed by atoms with Crippen molar-refractivity contribution in [3.05, 3.63) is 63.8 Å². The largest absolute Gasteiger partial charge is 0.389 e. The highest BCUT2D eigenvalue weighted by molar-refractivity contribution is 5.93. The number of hydrogen-bond donors (Lipinski definition) is 2. The molecule has 9 heteroatoms. The second kappa shape index (κ2) is 8.92. The quantitative estimate of drug-likeness (QED) is 0.600. The third-order valence-corrected chi connectivity index (χ3v) is 6.47. The Hall–Kier alpha value is -3.30. The van der Waals surface area contributed by atoms with Crippen molar-refractivity contribution in [1.29, 1.82) is 0 Å². The number of piperazine rings is 1. The Balaban J connectivity index is 1.18. The molecule has 9 nitrogen and oxygen atoms in total. The minimum Gasteiger partial charge on any atom is -0.389 e. The number of aryl methyl sites for hydroxylation is 1. The summed E-state index contributed by atoms with van der Waals surface area (Å²) in [4.78, 5) is 42.5. The third-order valence-electron chi connectivity index (χ3n) is 6.47. The number of aliphatic hydroxyl groups is 1. The van der Waals surface area contributed by atoms with Gasteiger partial charge >= 0.3 is 0 Å². The molecule has 3 aromatic heterocycles. The van der Waals surface area contributed by atoms with E-state index in [4.69, 9.17) is 0 Å². The molecular formula is C24H28N6O3. The number of nitrogens with zero attached hydrogens (tertiary/aromatic N) is 5. The zero-order chi connectivity index (χ0) is 22.9. The molecule has 2 N–H and O–H groups in total. The van der Waals surface area contributed by atoms with E-state index in [9.17, 15) is 14.7 Å². The SMILES string of the molecule is CCc1cc2ncc(CN3CCN(c4ccc(C(=O)N5CC(O)C5)nc4)CC3)cc2[nH]c1=O. The number of carbonyl (C=O) groups is 1. The molecule has 5 heterocycles. The highest BCUT2D eigenvalue weighted by Gasteiger charge is 2.30. The highest BCUT2D eigenvalue weighted by Crippen LogP contribution is 2.19. The number of carbonyl (C=O) groups excluding carboxylic acids is 1. The number of aromatic amines is 1. The fourth-order valence-electron chi connectivity index (χ4n) is 4.42. The van der Waals surface area contributed by atoms with Gasteiger partial charge in [0.15, 0.2) is 0 Å². The summed E-state index contributed by atoms with van der Waals surface area (Å²) in [6.45, 7) is 7.04. The van der Waals surface area contributed by atoms with Gasteiger partial charge in [-0.15, -0.1) is 0 Å². The second-order valence-corrected chi connectivity index (χ2v) is 8.78. The minimum atomic E-state index is -0.411. The first-order valence-electron chi connectivity index (χ1n) is 11.4. The van der Waals surface area contributed by atoms with Crippen LogP contribution in [0.3, 0.4) is 0 Å². The Morgan fingerprint density at radius 1 is 1.12 bits per heavy atom. The van der Waals surface area contributed by atoms with Gasteiger partial charge in [0.05, 0.1) is 29.0 Å². The Morgan fingerprint density at radius 2 is 1.91 bits per heavy atom. The monoisotopic (exact) mass is 448 g/mol. The van der Waals surface area contributed by atoms with Gasteiger partial charge in [0.1, 0.15) is 5.69 Å². The number of H-pyrrole nitrogens is 1. The molecule has 0 radical (unpaired) electrons. The van der Waals surface area contributed by atoms with Crippen LogP contribution >= 0.6 is 0 Å². The van der Waals surface area contributed by atoms with E-state index in [1.165, 1.54) is 0 Å². The molecule has 2 saturated heterocycles. The molecule has 0 atom stereocenters. The van der Waals surface area contributed by atoms with Crippen LogP contribution in [0.5, 0.6) is 0 Å². The molecule has 1 amide bonds. The van der Waals surface area contributed by atoms with Gasteiger partial charge in [-0.3, -0.25) is 19.5 Å². The first kappa shape index (κ1) is 21.5. The van der Waals surface area contributed by atoms with E-state index in [1.807, 2.05) is 31.3 Å². The van der Waals surface area contributed by atoms with Gasteiger partial charge in [0, 0.05) is 57.6 Å². The van der Waals surface area contributed by atoms with Crippen LogP contribution in [-0.2, 0) is 13.0 Å². The molecule has 5 rings (SSSR count). The van der Waals surface area contributed by atoms with E-state index in [0.29, 0.717) is 25.2 Å². The van der Waals surface area contributed by atoms with Gasteiger partial charge in [-0.05, 0) is 36.2 Å². The van der Waals surface area contributed by atoms with E-state index >= 15 is 0 Å². The van der Waals surface area contributed by atoms with E-state index in [0.717, 1.165) is 60.6 Å². The average molecular weight is 449 g/mol. The molecule has 0 bridgehead atoms. The smallest absolute Gasteiger partial charge is 0.272 e. The molecule has 0 aromatic carbocycles. The van der Waals surface area contributed by atoms with Crippen LogP contribution < -0.4 is 10.5 Å². The molecule has 33 heavy (non-hydrogen) atoms. The van der Waals surface area contributed by atoms with Gasteiger partial charge in [0.25, 0.3) is 11.5 Å². The predicted octanol–water partition coefficient (Wildman–Crippen LogP) is 1.02. The summed E-state index contributed by atoms with van der Waals surface area (Å²) >= 11 is 0. The Bertz CT molecular complexity index is 1210. The van der Waals surface area contributed by atoms with Crippen LogP contribution in [0.4, 0.5) is 5.69 Å². The highest BCUT2D eigenvalue weighted by atomic mass is 16.3. The van der Waals surface area contributed by atoms with Crippen molar-refractivity contribution in [1.82, 2.24) is 24.8 Å². The molecule has 0 spiro atoms. The summed E-state index contributed by atoms with van der Waals surface area (Å²) in [5.41, 5.74) is 4.81. The van der Waals surface area contributed by atoms with Gasteiger partial charge in [-0.1, -0.05) is 6.92 Å². The van der Waals surface area contributed by atoms with E-state index in [1.54, 1.807) is 17.2 Å². The Kier molecular flexibility index (Phi) is 5.82. The summed E-state index contributed by atoms with van der Waals surface area (Å²) in [5.74, 6) is -0.132. The maximum atomic E-state index is 12.3. The maximum absolute atomic E-state index is 12.3. The van der Waals surface area contributed by atoms with Crippen LogP contribution in [0.1, 0.15) is 28.5 Å². The zero-order valence-corrected chi connectivity index (χ0v) is 18.7. The molecule has 0 saturated carbocycles. The minimum absolute atomic E-state index is 0.0404. The van der Waals surface area contributed by atoms with Gasteiger partial charge in [-0.2, -0.15) is 0 Å². The number of amides is 1. The lowest BCUT2D eigenvalue weighted by atomic mass is 10.1. The molecule has 2 fully saturated rings. The number of rotatable bonds is 5. The lowest BCUT2D eigenvalue weighted by Crippen LogP contribution is -2.53. The lowest BCUT2D eigenvalue weighted by Gasteiger charge is -2.36. The number of aliphatic hydroxyl groups excluding tert-OH is 1. The molecule has 0 aliphatic carbocycles. The van der Waals surface area contributed by atoms with E-state index in [2.05, 4.69) is 24.8 Å². The molecule has 0 unspecified atom stereocenters. The number of nitrogens with one attached hydrogen (secondary N) is 1.